The normalized spacial score (nSPS) is 11.8. The van der Waals surface area contributed by atoms with Gasteiger partial charge in [-0.05, 0) is 63.6 Å². The van der Waals surface area contributed by atoms with Crippen molar-refractivity contribution < 1.29 is 17.9 Å². The monoisotopic (exact) mass is 431 g/mol. The Morgan fingerprint density at radius 2 is 1.87 bits per heavy atom. The summed E-state index contributed by atoms with van der Waals surface area (Å²) in [5, 5.41) is 7.76. The van der Waals surface area contributed by atoms with E-state index < -0.39 is 10.0 Å². The van der Waals surface area contributed by atoms with Crippen molar-refractivity contribution >= 4 is 32.7 Å². The fourth-order valence-electron chi connectivity index (χ4n) is 3.08. The van der Waals surface area contributed by atoms with Crippen molar-refractivity contribution in [2.45, 2.75) is 38.6 Å². The second-order valence-corrected chi connectivity index (χ2v) is 9.06. The summed E-state index contributed by atoms with van der Waals surface area (Å²) in [6.07, 6.45) is 0. The van der Waals surface area contributed by atoms with E-state index in [1.54, 1.807) is 25.6 Å². The van der Waals surface area contributed by atoms with Crippen LogP contribution in [0.4, 0.5) is 5.69 Å². The predicted octanol–water partition coefficient (Wildman–Crippen LogP) is 2.29. The standard InChI is InChI=1S/C20H25N5O4S/c1-12(2)24-30(27,28)16-8-6-15(7-9-16)22-17(26)11-29-20-18-13(3)10-14(4)21-19(18)25(5)23-20/h6-10,12,24H,11H2,1-5H3,(H,22,26). The minimum Gasteiger partial charge on any atom is -0.466 e. The molecule has 0 fully saturated rings. The first-order valence-electron chi connectivity index (χ1n) is 9.43. The molecule has 2 heterocycles. The SMILES string of the molecule is Cc1cc(C)c2c(OCC(=O)Nc3ccc(S(=O)(=O)NC(C)C)cc3)nn(C)c2n1. The number of benzene rings is 1. The fourth-order valence-corrected chi connectivity index (χ4v) is 4.33. The third-order valence-corrected chi connectivity index (χ3v) is 5.94. The summed E-state index contributed by atoms with van der Waals surface area (Å²) in [6.45, 7) is 7.10. The first-order valence-corrected chi connectivity index (χ1v) is 10.9. The number of rotatable bonds is 7. The lowest BCUT2D eigenvalue weighted by atomic mass is 10.2. The highest BCUT2D eigenvalue weighted by atomic mass is 32.2. The van der Waals surface area contributed by atoms with Crippen LogP contribution >= 0.6 is 0 Å². The molecular formula is C20H25N5O4S. The molecule has 160 valence electrons. The molecule has 0 unspecified atom stereocenters. The number of nitrogens with zero attached hydrogens (tertiary/aromatic N) is 3. The number of carbonyl (C=O) groups excluding carboxylic acids is 1. The van der Waals surface area contributed by atoms with Crippen LogP contribution in [0, 0.1) is 13.8 Å². The summed E-state index contributed by atoms with van der Waals surface area (Å²) in [5.41, 5.74) is 3.00. The van der Waals surface area contributed by atoms with Crippen molar-refractivity contribution in [2.24, 2.45) is 7.05 Å². The van der Waals surface area contributed by atoms with Gasteiger partial charge in [-0.25, -0.2) is 22.8 Å². The van der Waals surface area contributed by atoms with Gasteiger partial charge in [0.15, 0.2) is 12.3 Å². The summed E-state index contributed by atoms with van der Waals surface area (Å²) in [7, 11) is -1.81. The molecule has 0 aliphatic rings. The molecule has 0 spiro atoms. The number of ether oxygens (including phenoxy) is 1. The lowest BCUT2D eigenvalue weighted by Gasteiger charge is -2.10. The molecule has 0 aliphatic heterocycles. The van der Waals surface area contributed by atoms with Crippen LogP contribution in [0.1, 0.15) is 25.1 Å². The van der Waals surface area contributed by atoms with Gasteiger partial charge in [-0.2, -0.15) is 0 Å². The Balaban J connectivity index is 1.66. The van der Waals surface area contributed by atoms with Gasteiger partial charge in [0, 0.05) is 24.5 Å². The summed E-state index contributed by atoms with van der Waals surface area (Å²) in [4.78, 5) is 16.9. The maximum absolute atomic E-state index is 12.3. The fraction of sp³-hybridized carbons (Fsp3) is 0.350. The van der Waals surface area contributed by atoms with E-state index in [0.717, 1.165) is 16.6 Å². The van der Waals surface area contributed by atoms with Crippen molar-refractivity contribution in [1.82, 2.24) is 19.5 Å². The number of hydrogen-bond acceptors (Lipinski definition) is 6. The number of carbonyl (C=O) groups is 1. The summed E-state index contributed by atoms with van der Waals surface area (Å²) in [6, 6.07) is 7.65. The molecule has 0 atom stereocenters. The van der Waals surface area contributed by atoms with Crippen LogP contribution in [-0.4, -0.2) is 41.7 Å². The molecule has 1 amide bonds. The zero-order valence-corrected chi connectivity index (χ0v) is 18.4. The number of anilines is 1. The van der Waals surface area contributed by atoms with Crippen molar-refractivity contribution in [1.29, 1.82) is 0 Å². The van der Waals surface area contributed by atoms with Crippen LogP contribution < -0.4 is 14.8 Å². The van der Waals surface area contributed by atoms with Gasteiger partial charge in [-0.1, -0.05) is 0 Å². The molecule has 9 nitrogen and oxygen atoms in total. The molecule has 10 heteroatoms. The molecule has 0 saturated carbocycles. The Hall–Kier alpha value is -2.98. The number of hydrogen-bond donors (Lipinski definition) is 2. The minimum absolute atomic E-state index is 0.128. The minimum atomic E-state index is -3.58. The third-order valence-electron chi connectivity index (χ3n) is 4.27. The van der Waals surface area contributed by atoms with Gasteiger partial charge < -0.3 is 10.1 Å². The van der Waals surface area contributed by atoms with Crippen molar-refractivity contribution in [3.8, 4) is 5.88 Å². The summed E-state index contributed by atoms with van der Waals surface area (Å²) in [5.74, 6) is -0.0451. The molecule has 2 aromatic heterocycles. The second kappa shape index (κ2) is 8.41. The van der Waals surface area contributed by atoms with Crippen molar-refractivity contribution in [3.63, 3.8) is 0 Å². The Morgan fingerprint density at radius 1 is 1.20 bits per heavy atom. The summed E-state index contributed by atoms with van der Waals surface area (Å²) < 4.78 is 34.1. The van der Waals surface area contributed by atoms with E-state index in [1.165, 1.54) is 24.3 Å². The lowest BCUT2D eigenvalue weighted by Crippen LogP contribution is -2.30. The van der Waals surface area contributed by atoms with E-state index in [4.69, 9.17) is 4.74 Å². The molecule has 0 bridgehead atoms. The van der Waals surface area contributed by atoms with Gasteiger partial charge in [-0.3, -0.25) is 4.79 Å². The van der Waals surface area contributed by atoms with E-state index >= 15 is 0 Å². The predicted molar refractivity (Wildman–Crippen MR) is 114 cm³/mol. The van der Waals surface area contributed by atoms with Crippen molar-refractivity contribution in [2.75, 3.05) is 11.9 Å². The number of aromatic nitrogens is 3. The number of aryl methyl sites for hydroxylation is 3. The van der Waals surface area contributed by atoms with E-state index in [2.05, 4.69) is 20.1 Å². The van der Waals surface area contributed by atoms with Gasteiger partial charge in [0.05, 0.1) is 10.3 Å². The topological polar surface area (TPSA) is 115 Å². The average molecular weight is 432 g/mol. The molecule has 2 N–H and O–H groups in total. The maximum Gasteiger partial charge on any atom is 0.262 e. The van der Waals surface area contributed by atoms with Gasteiger partial charge >= 0.3 is 0 Å². The van der Waals surface area contributed by atoms with E-state index in [0.29, 0.717) is 17.2 Å². The van der Waals surface area contributed by atoms with Crippen LogP contribution in [0.25, 0.3) is 11.0 Å². The van der Waals surface area contributed by atoms with Crippen molar-refractivity contribution in [3.05, 3.63) is 41.6 Å². The van der Waals surface area contributed by atoms with Gasteiger partial charge in [0.25, 0.3) is 5.91 Å². The first-order chi connectivity index (χ1) is 14.1. The van der Waals surface area contributed by atoms with Gasteiger partial charge in [-0.15, -0.1) is 5.10 Å². The first kappa shape index (κ1) is 21.7. The molecule has 1 aromatic carbocycles. The Morgan fingerprint density at radius 3 is 2.50 bits per heavy atom. The molecule has 30 heavy (non-hydrogen) atoms. The van der Waals surface area contributed by atoms with E-state index in [-0.39, 0.29) is 23.5 Å². The highest BCUT2D eigenvalue weighted by molar-refractivity contribution is 7.89. The summed E-state index contributed by atoms with van der Waals surface area (Å²) >= 11 is 0. The average Bonchev–Trinajstić information content (AvgIpc) is 2.95. The molecule has 3 aromatic rings. The smallest absolute Gasteiger partial charge is 0.262 e. The highest BCUT2D eigenvalue weighted by Crippen LogP contribution is 2.27. The highest BCUT2D eigenvalue weighted by Gasteiger charge is 2.17. The number of pyridine rings is 1. The van der Waals surface area contributed by atoms with E-state index in [1.807, 2.05) is 19.9 Å². The molecule has 0 radical (unpaired) electrons. The Labute approximate surface area is 175 Å². The zero-order chi connectivity index (χ0) is 22.1. The molecule has 3 rings (SSSR count). The maximum atomic E-state index is 12.3. The number of fused-ring (bicyclic) bond motifs is 1. The van der Waals surface area contributed by atoms with Crippen LogP contribution in [0.3, 0.4) is 0 Å². The molecular weight excluding hydrogens is 406 g/mol. The van der Waals surface area contributed by atoms with E-state index in [9.17, 15) is 13.2 Å². The number of amides is 1. The third kappa shape index (κ3) is 4.77. The molecule has 0 aliphatic carbocycles. The molecule has 0 saturated heterocycles. The second-order valence-electron chi connectivity index (χ2n) is 7.35. The lowest BCUT2D eigenvalue weighted by molar-refractivity contribution is -0.118. The Bertz CT molecular complexity index is 1180. The van der Waals surface area contributed by atoms with Crippen LogP contribution in [0.2, 0.25) is 0 Å². The van der Waals surface area contributed by atoms with Gasteiger partial charge in [0.1, 0.15) is 0 Å². The van der Waals surface area contributed by atoms with Crippen LogP contribution in [0.15, 0.2) is 35.2 Å². The number of nitrogens with one attached hydrogen (secondary N) is 2. The largest absolute Gasteiger partial charge is 0.466 e. The number of sulfonamides is 1. The van der Waals surface area contributed by atoms with Gasteiger partial charge in [0.2, 0.25) is 15.9 Å². The van der Waals surface area contributed by atoms with Crippen LogP contribution in [0.5, 0.6) is 5.88 Å². The zero-order valence-electron chi connectivity index (χ0n) is 17.6. The quantitative estimate of drug-likeness (QED) is 0.593. The Kier molecular flexibility index (Phi) is 6.09. The van der Waals surface area contributed by atoms with Crippen LogP contribution in [-0.2, 0) is 21.9 Å².